The number of hydrogen-bond donors (Lipinski definition) is 0. The zero-order valence-corrected chi connectivity index (χ0v) is 16.0. The monoisotopic (exact) mass is 419 g/mol. The van der Waals surface area contributed by atoms with Gasteiger partial charge in [0.05, 0.1) is 5.69 Å². The Balaban J connectivity index is 1.73. The van der Waals surface area contributed by atoms with Crippen molar-refractivity contribution in [3.8, 4) is 11.3 Å². The minimum atomic E-state index is -4.54. The lowest BCUT2D eigenvalue weighted by Gasteiger charge is -2.19. The van der Waals surface area contributed by atoms with Gasteiger partial charge in [-0.25, -0.2) is 8.78 Å². The van der Waals surface area contributed by atoms with Crippen LogP contribution in [0.2, 0.25) is 0 Å². The highest BCUT2D eigenvalue weighted by Gasteiger charge is 2.33. The Hall–Kier alpha value is -2.87. The van der Waals surface area contributed by atoms with Crippen LogP contribution < -0.4 is 0 Å². The Labute approximate surface area is 170 Å². The molecule has 1 aliphatic heterocycles. The molecule has 8 heteroatoms. The third-order valence-electron chi connectivity index (χ3n) is 5.35. The summed E-state index contributed by atoms with van der Waals surface area (Å²) in [5, 5.41) is 7.02. The fourth-order valence-electron chi connectivity index (χ4n) is 3.83. The van der Waals surface area contributed by atoms with Gasteiger partial charge in [0.1, 0.15) is 0 Å². The number of halogens is 5. The summed E-state index contributed by atoms with van der Waals surface area (Å²) >= 11 is 0. The number of benzene rings is 2. The molecule has 0 bridgehead atoms. The van der Waals surface area contributed by atoms with Gasteiger partial charge in [-0.05, 0) is 67.0 Å². The van der Waals surface area contributed by atoms with E-state index in [0.29, 0.717) is 23.4 Å². The van der Waals surface area contributed by atoms with Gasteiger partial charge < -0.3 is 4.90 Å². The maximum absolute atomic E-state index is 13.8. The van der Waals surface area contributed by atoms with Crippen LogP contribution in [0, 0.1) is 11.6 Å². The lowest BCUT2D eigenvalue weighted by molar-refractivity contribution is -0.141. The second-order valence-corrected chi connectivity index (χ2v) is 7.47. The maximum atomic E-state index is 13.8. The second-order valence-electron chi connectivity index (χ2n) is 7.47. The Morgan fingerprint density at radius 3 is 2.40 bits per heavy atom. The molecule has 2 heterocycles. The Morgan fingerprint density at radius 1 is 0.933 bits per heavy atom. The van der Waals surface area contributed by atoms with Crippen LogP contribution in [0.1, 0.15) is 34.7 Å². The molecule has 0 saturated carbocycles. The first-order valence-corrected chi connectivity index (χ1v) is 9.40. The quantitative estimate of drug-likeness (QED) is 0.521. The van der Waals surface area contributed by atoms with Crippen molar-refractivity contribution < 1.29 is 22.0 Å². The summed E-state index contributed by atoms with van der Waals surface area (Å²) in [7, 11) is 1.96. The molecule has 4 rings (SSSR count). The van der Waals surface area contributed by atoms with Gasteiger partial charge in [0.15, 0.2) is 17.3 Å². The maximum Gasteiger partial charge on any atom is 0.435 e. The summed E-state index contributed by atoms with van der Waals surface area (Å²) < 4.78 is 65.4. The Bertz CT molecular complexity index is 1060. The number of alkyl halides is 3. The SMILES string of the molecule is CN1CCC(c2ccc(F)c(F)c2)c2ccc(-c3ccc(C(F)(F)F)nn3)cc2C1. The minimum absolute atomic E-state index is 0.118. The first-order chi connectivity index (χ1) is 14.2. The van der Waals surface area contributed by atoms with E-state index in [1.54, 1.807) is 12.1 Å². The Kier molecular flexibility index (Phi) is 5.27. The molecule has 30 heavy (non-hydrogen) atoms. The molecule has 0 aliphatic carbocycles. The van der Waals surface area contributed by atoms with Crippen molar-refractivity contribution in [1.82, 2.24) is 15.1 Å². The second kappa shape index (κ2) is 7.75. The normalized spacial score (nSPS) is 17.5. The molecule has 0 amide bonds. The van der Waals surface area contributed by atoms with E-state index in [1.807, 2.05) is 19.2 Å². The molecule has 156 valence electrons. The molecule has 0 spiro atoms. The van der Waals surface area contributed by atoms with Crippen molar-refractivity contribution in [2.24, 2.45) is 0 Å². The first kappa shape index (κ1) is 20.4. The van der Waals surface area contributed by atoms with E-state index < -0.39 is 23.5 Å². The van der Waals surface area contributed by atoms with E-state index in [-0.39, 0.29) is 5.92 Å². The average Bonchev–Trinajstić information content (AvgIpc) is 2.87. The van der Waals surface area contributed by atoms with Crippen LogP contribution in [0.4, 0.5) is 22.0 Å². The molecule has 1 atom stereocenters. The zero-order valence-electron chi connectivity index (χ0n) is 16.0. The molecular formula is C22H18F5N3. The van der Waals surface area contributed by atoms with Crippen LogP contribution in [0.5, 0.6) is 0 Å². The van der Waals surface area contributed by atoms with Gasteiger partial charge in [0, 0.05) is 18.0 Å². The Morgan fingerprint density at radius 2 is 1.73 bits per heavy atom. The molecular weight excluding hydrogens is 401 g/mol. The number of nitrogens with zero attached hydrogens (tertiary/aromatic N) is 3. The standard InChI is InChI=1S/C22H18F5N3/c1-30-9-8-17(13-3-5-18(23)19(24)11-13)16-4-2-14(10-15(16)12-30)20-6-7-21(29-28-20)22(25,26)27/h2-7,10-11,17H,8-9,12H2,1H3. The summed E-state index contributed by atoms with van der Waals surface area (Å²) in [6, 6.07) is 11.7. The third kappa shape index (κ3) is 4.05. The third-order valence-corrected chi connectivity index (χ3v) is 5.35. The topological polar surface area (TPSA) is 29.0 Å². The van der Waals surface area contributed by atoms with Gasteiger partial charge in [-0.2, -0.15) is 13.2 Å². The lowest BCUT2D eigenvalue weighted by Crippen LogP contribution is -2.17. The van der Waals surface area contributed by atoms with E-state index in [4.69, 9.17) is 0 Å². The predicted molar refractivity (Wildman–Crippen MR) is 102 cm³/mol. The highest BCUT2D eigenvalue weighted by atomic mass is 19.4. The van der Waals surface area contributed by atoms with Crippen molar-refractivity contribution in [2.75, 3.05) is 13.6 Å². The van der Waals surface area contributed by atoms with Crippen molar-refractivity contribution in [3.63, 3.8) is 0 Å². The largest absolute Gasteiger partial charge is 0.435 e. The van der Waals surface area contributed by atoms with Gasteiger partial charge in [0.2, 0.25) is 0 Å². The summed E-state index contributed by atoms with van der Waals surface area (Å²) in [6.07, 6.45) is -3.81. The number of rotatable bonds is 2. The molecule has 1 aromatic heterocycles. The minimum Gasteiger partial charge on any atom is -0.302 e. The van der Waals surface area contributed by atoms with Crippen LogP contribution >= 0.6 is 0 Å². The lowest BCUT2D eigenvalue weighted by atomic mass is 9.85. The summed E-state index contributed by atoms with van der Waals surface area (Å²) in [4.78, 5) is 2.11. The summed E-state index contributed by atoms with van der Waals surface area (Å²) in [5.74, 6) is -1.89. The number of hydrogen-bond acceptors (Lipinski definition) is 3. The summed E-state index contributed by atoms with van der Waals surface area (Å²) in [6.45, 7) is 1.38. The van der Waals surface area contributed by atoms with Gasteiger partial charge in [0.25, 0.3) is 0 Å². The van der Waals surface area contributed by atoms with Crippen LogP contribution in [0.15, 0.2) is 48.5 Å². The molecule has 0 saturated heterocycles. The van der Waals surface area contributed by atoms with Gasteiger partial charge >= 0.3 is 6.18 Å². The zero-order chi connectivity index (χ0) is 21.5. The smallest absolute Gasteiger partial charge is 0.302 e. The highest BCUT2D eigenvalue weighted by Crippen LogP contribution is 2.36. The highest BCUT2D eigenvalue weighted by molar-refractivity contribution is 5.61. The fraction of sp³-hybridized carbons (Fsp3) is 0.273. The van der Waals surface area contributed by atoms with Crippen molar-refractivity contribution >= 4 is 0 Å². The van der Waals surface area contributed by atoms with Crippen LogP contribution in [-0.2, 0) is 12.7 Å². The number of aromatic nitrogens is 2. The van der Waals surface area contributed by atoms with E-state index >= 15 is 0 Å². The molecule has 2 aromatic carbocycles. The average molecular weight is 419 g/mol. The van der Waals surface area contributed by atoms with Gasteiger partial charge in [-0.1, -0.05) is 18.2 Å². The van der Waals surface area contributed by atoms with Crippen LogP contribution in [-0.4, -0.2) is 28.7 Å². The summed E-state index contributed by atoms with van der Waals surface area (Å²) in [5.41, 5.74) is 2.57. The molecule has 3 aromatic rings. The van der Waals surface area contributed by atoms with Gasteiger partial charge in [-0.15, -0.1) is 10.2 Å². The number of fused-ring (bicyclic) bond motifs is 1. The predicted octanol–water partition coefficient (Wildman–Crippen LogP) is 5.41. The molecule has 0 N–H and O–H groups in total. The van der Waals surface area contributed by atoms with E-state index in [0.717, 1.165) is 36.2 Å². The van der Waals surface area contributed by atoms with E-state index in [2.05, 4.69) is 15.1 Å². The van der Waals surface area contributed by atoms with Crippen LogP contribution in [0.25, 0.3) is 11.3 Å². The molecule has 0 fully saturated rings. The van der Waals surface area contributed by atoms with Crippen molar-refractivity contribution in [2.45, 2.75) is 25.1 Å². The molecule has 1 aliphatic rings. The molecule has 3 nitrogen and oxygen atoms in total. The van der Waals surface area contributed by atoms with E-state index in [9.17, 15) is 22.0 Å². The van der Waals surface area contributed by atoms with Crippen molar-refractivity contribution in [1.29, 1.82) is 0 Å². The van der Waals surface area contributed by atoms with E-state index in [1.165, 1.54) is 12.1 Å². The molecule has 0 radical (unpaired) electrons. The molecule has 1 unspecified atom stereocenters. The van der Waals surface area contributed by atoms with Gasteiger partial charge in [-0.3, -0.25) is 0 Å². The fourth-order valence-corrected chi connectivity index (χ4v) is 3.83. The van der Waals surface area contributed by atoms with Crippen molar-refractivity contribution in [3.05, 3.63) is 82.5 Å². The van der Waals surface area contributed by atoms with Crippen LogP contribution in [0.3, 0.4) is 0 Å². The first-order valence-electron chi connectivity index (χ1n) is 9.40.